The Hall–Kier alpha value is -1.88. The van der Waals surface area contributed by atoms with E-state index in [9.17, 15) is 4.79 Å². The Kier molecular flexibility index (Phi) is 6.59. The molecular formula is C18H27N3O2. The van der Waals surface area contributed by atoms with E-state index >= 15 is 0 Å². The molecule has 1 N–H and O–H groups in total. The van der Waals surface area contributed by atoms with E-state index in [1.165, 1.54) is 0 Å². The summed E-state index contributed by atoms with van der Waals surface area (Å²) in [5.41, 5.74) is 2.11. The molecule has 1 amide bonds. The van der Waals surface area contributed by atoms with Crippen molar-refractivity contribution in [1.82, 2.24) is 14.9 Å². The van der Waals surface area contributed by atoms with Gasteiger partial charge in [-0.15, -0.1) is 0 Å². The highest BCUT2D eigenvalue weighted by molar-refractivity contribution is 5.78. The van der Waals surface area contributed by atoms with Crippen LogP contribution >= 0.6 is 0 Å². The number of benzene rings is 1. The molecule has 5 heteroatoms. The highest BCUT2D eigenvalue weighted by Gasteiger charge is 2.14. The minimum Gasteiger partial charge on any atom is -0.383 e. The third-order valence-corrected chi connectivity index (χ3v) is 4.26. The van der Waals surface area contributed by atoms with Gasteiger partial charge in [0.25, 0.3) is 0 Å². The van der Waals surface area contributed by atoms with Gasteiger partial charge in [0.1, 0.15) is 5.82 Å². The quantitative estimate of drug-likeness (QED) is 0.774. The van der Waals surface area contributed by atoms with Crippen LogP contribution in [-0.4, -0.2) is 35.7 Å². The normalized spacial score (nSPS) is 11.3. The number of aromatic nitrogens is 2. The number of nitrogens with one attached hydrogen (secondary N) is 1. The van der Waals surface area contributed by atoms with Gasteiger partial charge >= 0.3 is 0 Å². The number of carbonyl (C=O) groups is 1. The van der Waals surface area contributed by atoms with Crippen molar-refractivity contribution in [2.24, 2.45) is 5.92 Å². The molecule has 2 rings (SSSR count). The van der Waals surface area contributed by atoms with Crippen LogP contribution in [0.1, 0.15) is 32.5 Å². The summed E-state index contributed by atoms with van der Waals surface area (Å²) < 4.78 is 7.39. The molecule has 0 saturated heterocycles. The van der Waals surface area contributed by atoms with Crippen LogP contribution in [0.4, 0.5) is 0 Å². The summed E-state index contributed by atoms with van der Waals surface area (Å²) in [5.74, 6) is 1.25. The van der Waals surface area contributed by atoms with Crippen LogP contribution in [0.15, 0.2) is 24.3 Å². The monoisotopic (exact) mass is 317 g/mol. The fourth-order valence-corrected chi connectivity index (χ4v) is 2.85. The SMILES string of the molecule is CCC(CC)C(=O)NCCc1nc2ccccc2n1CCOC. The molecule has 0 fully saturated rings. The second kappa shape index (κ2) is 8.67. The Labute approximate surface area is 138 Å². The van der Waals surface area contributed by atoms with E-state index in [2.05, 4.69) is 29.8 Å². The van der Waals surface area contributed by atoms with Gasteiger partial charge in [-0.05, 0) is 25.0 Å². The molecule has 5 nitrogen and oxygen atoms in total. The van der Waals surface area contributed by atoms with Crippen molar-refractivity contribution in [3.8, 4) is 0 Å². The standard InChI is InChI=1S/C18H27N3O2/c1-4-14(5-2)18(22)19-11-10-17-20-15-8-6-7-9-16(15)21(17)12-13-23-3/h6-9,14H,4-5,10-13H2,1-3H3,(H,19,22). The summed E-state index contributed by atoms with van der Waals surface area (Å²) in [6.07, 6.45) is 2.49. The second-order valence-electron chi connectivity index (χ2n) is 5.72. The van der Waals surface area contributed by atoms with Gasteiger partial charge in [0.2, 0.25) is 5.91 Å². The van der Waals surface area contributed by atoms with Gasteiger partial charge in [0, 0.05) is 32.5 Å². The summed E-state index contributed by atoms with van der Waals surface area (Å²) in [7, 11) is 1.70. The van der Waals surface area contributed by atoms with Crippen molar-refractivity contribution in [3.05, 3.63) is 30.1 Å². The first-order valence-electron chi connectivity index (χ1n) is 8.42. The van der Waals surface area contributed by atoms with Crippen molar-refractivity contribution < 1.29 is 9.53 Å². The average Bonchev–Trinajstić information content (AvgIpc) is 2.91. The van der Waals surface area contributed by atoms with Gasteiger partial charge in [0.15, 0.2) is 0 Å². The zero-order chi connectivity index (χ0) is 16.7. The molecule has 0 radical (unpaired) electrons. The Morgan fingerprint density at radius 3 is 2.74 bits per heavy atom. The first-order chi connectivity index (χ1) is 11.2. The lowest BCUT2D eigenvalue weighted by Gasteiger charge is -2.13. The van der Waals surface area contributed by atoms with Crippen LogP contribution in [0.5, 0.6) is 0 Å². The number of methoxy groups -OCH3 is 1. The molecule has 2 aromatic rings. The minimum absolute atomic E-state index is 0.113. The van der Waals surface area contributed by atoms with Crippen LogP contribution < -0.4 is 5.32 Å². The maximum absolute atomic E-state index is 12.1. The van der Waals surface area contributed by atoms with E-state index in [-0.39, 0.29) is 11.8 Å². The van der Waals surface area contributed by atoms with E-state index in [4.69, 9.17) is 9.72 Å². The number of amides is 1. The number of carbonyl (C=O) groups excluding carboxylic acids is 1. The van der Waals surface area contributed by atoms with Crippen molar-refractivity contribution in [1.29, 1.82) is 0 Å². The molecule has 0 aliphatic heterocycles. The summed E-state index contributed by atoms with van der Waals surface area (Å²) >= 11 is 0. The number of ether oxygens (including phenoxy) is 1. The Morgan fingerprint density at radius 2 is 2.04 bits per heavy atom. The van der Waals surface area contributed by atoms with E-state index in [1.54, 1.807) is 7.11 Å². The smallest absolute Gasteiger partial charge is 0.223 e. The predicted molar refractivity (Wildman–Crippen MR) is 92.4 cm³/mol. The Morgan fingerprint density at radius 1 is 1.30 bits per heavy atom. The number of fused-ring (bicyclic) bond motifs is 1. The third kappa shape index (κ3) is 4.32. The summed E-state index contributed by atoms with van der Waals surface area (Å²) in [5, 5.41) is 3.04. The first-order valence-corrected chi connectivity index (χ1v) is 8.42. The van der Waals surface area contributed by atoms with E-state index in [1.807, 2.05) is 18.2 Å². The maximum atomic E-state index is 12.1. The summed E-state index contributed by atoms with van der Waals surface area (Å²) in [4.78, 5) is 16.8. The molecule has 1 heterocycles. The number of rotatable bonds is 9. The van der Waals surface area contributed by atoms with Crippen molar-refractivity contribution in [3.63, 3.8) is 0 Å². The average molecular weight is 317 g/mol. The van der Waals surface area contributed by atoms with Gasteiger partial charge in [-0.2, -0.15) is 0 Å². The number of hydrogen-bond donors (Lipinski definition) is 1. The molecule has 1 aromatic carbocycles. The molecule has 0 aliphatic carbocycles. The topological polar surface area (TPSA) is 56.2 Å². The highest BCUT2D eigenvalue weighted by atomic mass is 16.5. The zero-order valence-corrected chi connectivity index (χ0v) is 14.3. The molecule has 0 atom stereocenters. The minimum atomic E-state index is 0.113. The van der Waals surface area contributed by atoms with Gasteiger partial charge in [0.05, 0.1) is 17.6 Å². The molecule has 0 saturated carbocycles. The fourth-order valence-electron chi connectivity index (χ4n) is 2.85. The van der Waals surface area contributed by atoms with Crippen LogP contribution in [0.2, 0.25) is 0 Å². The van der Waals surface area contributed by atoms with Gasteiger partial charge in [-0.1, -0.05) is 26.0 Å². The van der Waals surface area contributed by atoms with Crippen LogP contribution in [0.3, 0.4) is 0 Å². The molecular weight excluding hydrogens is 290 g/mol. The second-order valence-corrected chi connectivity index (χ2v) is 5.72. The van der Waals surface area contributed by atoms with E-state index in [0.717, 1.165) is 42.7 Å². The fraction of sp³-hybridized carbons (Fsp3) is 0.556. The predicted octanol–water partition coefficient (Wildman–Crippen LogP) is 2.78. The molecule has 126 valence electrons. The Balaban J connectivity index is 2.05. The molecule has 1 aromatic heterocycles. The summed E-state index contributed by atoms with van der Waals surface area (Å²) in [6.45, 7) is 6.14. The molecule has 23 heavy (non-hydrogen) atoms. The lowest BCUT2D eigenvalue weighted by atomic mass is 10.0. The van der Waals surface area contributed by atoms with Gasteiger partial charge in [-0.25, -0.2) is 4.98 Å². The lowest BCUT2D eigenvalue weighted by Crippen LogP contribution is -2.32. The van der Waals surface area contributed by atoms with E-state index < -0.39 is 0 Å². The molecule has 0 bridgehead atoms. The van der Waals surface area contributed by atoms with Gasteiger partial charge in [-0.3, -0.25) is 4.79 Å². The van der Waals surface area contributed by atoms with Crippen molar-refractivity contribution in [2.45, 2.75) is 39.7 Å². The van der Waals surface area contributed by atoms with Crippen LogP contribution in [0, 0.1) is 5.92 Å². The number of hydrogen-bond acceptors (Lipinski definition) is 3. The molecule has 0 unspecified atom stereocenters. The highest BCUT2D eigenvalue weighted by Crippen LogP contribution is 2.16. The Bertz CT molecular complexity index is 632. The third-order valence-electron chi connectivity index (χ3n) is 4.26. The van der Waals surface area contributed by atoms with E-state index in [0.29, 0.717) is 13.2 Å². The van der Waals surface area contributed by atoms with Crippen LogP contribution in [0.25, 0.3) is 11.0 Å². The van der Waals surface area contributed by atoms with Crippen molar-refractivity contribution >= 4 is 16.9 Å². The maximum Gasteiger partial charge on any atom is 0.223 e. The lowest BCUT2D eigenvalue weighted by molar-refractivity contribution is -0.125. The summed E-state index contributed by atoms with van der Waals surface area (Å²) in [6, 6.07) is 8.11. The molecule has 0 aliphatic rings. The largest absolute Gasteiger partial charge is 0.383 e. The van der Waals surface area contributed by atoms with Gasteiger partial charge < -0.3 is 14.6 Å². The van der Waals surface area contributed by atoms with Crippen LogP contribution in [-0.2, 0) is 22.5 Å². The van der Waals surface area contributed by atoms with Crippen molar-refractivity contribution in [2.75, 3.05) is 20.3 Å². The number of para-hydroxylation sites is 2. The zero-order valence-electron chi connectivity index (χ0n) is 14.3. The number of nitrogens with zero attached hydrogens (tertiary/aromatic N) is 2. The number of imidazole rings is 1. The molecule has 0 spiro atoms. The first kappa shape index (κ1) is 17.5.